The zero-order chi connectivity index (χ0) is 29.0. The normalized spacial score (nSPS) is 12.3. The predicted octanol–water partition coefficient (Wildman–Crippen LogP) is 7.16. The van der Waals surface area contributed by atoms with Gasteiger partial charge in [-0.05, 0) is 57.0 Å². The van der Waals surface area contributed by atoms with E-state index in [9.17, 15) is 22.8 Å². The lowest BCUT2D eigenvalue weighted by Gasteiger charge is -2.17. The molecule has 1 aromatic heterocycles. The van der Waals surface area contributed by atoms with Crippen LogP contribution in [0.2, 0.25) is 0 Å². The second-order valence-electron chi connectivity index (χ2n) is 9.38. The quantitative estimate of drug-likeness (QED) is 0.154. The highest BCUT2D eigenvalue weighted by Gasteiger charge is 2.32. The van der Waals surface area contributed by atoms with Crippen molar-refractivity contribution in [1.82, 2.24) is 4.57 Å². The molecule has 0 aliphatic heterocycles. The molecule has 0 saturated heterocycles. The summed E-state index contributed by atoms with van der Waals surface area (Å²) in [6.45, 7) is 7.68. The van der Waals surface area contributed by atoms with Gasteiger partial charge in [-0.2, -0.15) is 0 Å². The number of fused-ring (bicyclic) bond motifs is 1. The van der Waals surface area contributed by atoms with E-state index in [1.54, 1.807) is 48.7 Å². The van der Waals surface area contributed by atoms with Crippen molar-refractivity contribution in [3.05, 3.63) is 94.7 Å². The summed E-state index contributed by atoms with van der Waals surface area (Å²) in [5, 5.41) is 0.512. The van der Waals surface area contributed by atoms with Crippen LogP contribution in [0, 0.1) is 13.8 Å². The fourth-order valence-corrected chi connectivity index (χ4v) is 4.59. The number of ether oxygens (including phenoxy) is 3. The predicted molar refractivity (Wildman–Crippen MR) is 145 cm³/mol. The summed E-state index contributed by atoms with van der Waals surface area (Å²) in [6.07, 6.45) is -5.22. The first-order valence-corrected chi connectivity index (χ1v) is 12.9. The molecule has 0 spiro atoms. The lowest BCUT2D eigenvalue weighted by molar-refractivity contribution is -0.274. The van der Waals surface area contributed by atoms with Gasteiger partial charge in [-0.3, -0.25) is 4.79 Å². The molecule has 0 fully saturated rings. The monoisotopic (exact) mass is 553 g/mol. The lowest BCUT2D eigenvalue weighted by atomic mass is 9.99. The molecule has 6 nitrogen and oxygen atoms in total. The molecule has 3 aromatic carbocycles. The van der Waals surface area contributed by atoms with Crippen LogP contribution in [0.5, 0.6) is 11.5 Å². The van der Waals surface area contributed by atoms with Gasteiger partial charge < -0.3 is 18.8 Å². The topological polar surface area (TPSA) is 66.8 Å². The molecule has 4 rings (SSSR count). The van der Waals surface area contributed by atoms with Crippen LogP contribution < -0.4 is 9.47 Å². The van der Waals surface area contributed by atoms with Crippen molar-refractivity contribution in [3.63, 3.8) is 0 Å². The third-order valence-corrected chi connectivity index (χ3v) is 6.51. The number of rotatable bonds is 10. The first-order chi connectivity index (χ1) is 19.0. The fourth-order valence-electron chi connectivity index (χ4n) is 4.59. The molecule has 0 radical (unpaired) electrons. The summed E-state index contributed by atoms with van der Waals surface area (Å²) >= 11 is 0. The fraction of sp³-hybridized carbons (Fsp3) is 0.290. The second kappa shape index (κ2) is 11.9. The number of nitrogens with zero attached hydrogens (tertiary/aromatic N) is 1. The largest absolute Gasteiger partial charge is 0.573 e. The van der Waals surface area contributed by atoms with Crippen molar-refractivity contribution < 1.29 is 37.0 Å². The van der Waals surface area contributed by atoms with Crippen molar-refractivity contribution in [2.45, 2.75) is 53.1 Å². The van der Waals surface area contributed by atoms with Crippen LogP contribution in [-0.4, -0.2) is 35.4 Å². The van der Waals surface area contributed by atoms with Gasteiger partial charge in [0.25, 0.3) is 0 Å². The summed E-state index contributed by atoms with van der Waals surface area (Å²) in [7, 11) is 0. The van der Waals surface area contributed by atoms with Crippen molar-refractivity contribution >= 4 is 22.7 Å². The molecule has 0 N–H and O–H groups in total. The number of halogens is 3. The van der Waals surface area contributed by atoms with E-state index in [2.05, 4.69) is 4.74 Å². The number of ketones is 1. The molecule has 0 aliphatic rings. The first kappa shape index (κ1) is 28.7. The van der Waals surface area contributed by atoms with E-state index in [0.717, 1.165) is 11.1 Å². The number of benzene rings is 3. The summed E-state index contributed by atoms with van der Waals surface area (Å²) in [5.41, 5.74) is 3.64. The standard InChI is InChI=1S/C31H30F3NO5/c1-5-27(30(37)38-6-2)39-23-9-7-8-21(16-23)18-35-20(4)28(29(36)22-12-10-19(3)11-13-22)25-15-14-24(17-26(25)35)40-31(32,33)34/h7-17,27H,5-6,18H2,1-4H3/t27-/m0/s1. The molecular weight excluding hydrogens is 523 g/mol. The summed E-state index contributed by atoms with van der Waals surface area (Å²) in [5.74, 6) is -0.629. The van der Waals surface area contributed by atoms with Gasteiger partial charge in [0.2, 0.25) is 0 Å². The van der Waals surface area contributed by atoms with Crippen molar-refractivity contribution in [3.8, 4) is 11.5 Å². The van der Waals surface area contributed by atoms with E-state index >= 15 is 0 Å². The Labute approximate surface area is 230 Å². The van der Waals surface area contributed by atoms with E-state index in [-0.39, 0.29) is 24.7 Å². The number of aromatic nitrogens is 1. The number of carbonyl (C=O) groups is 2. The molecule has 1 atom stereocenters. The third-order valence-electron chi connectivity index (χ3n) is 6.51. The molecule has 1 heterocycles. The minimum atomic E-state index is -4.86. The van der Waals surface area contributed by atoms with E-state index in [4.69, 9.17) is 9.47 Å². The molecule has 40 heavy (non-hydrogen) atoms. The number of carbonyl (C=O) groups excluding carboxylic acids is 2. The molecule has 0 unspecified atom stereocenters. The molecule has 9 heteroatoms. The summed E-state index contributed by atoms with van der Waals surface area (Å²) < 4.78 is 55.9. The van der Waals surface area contributed by atoms with Crippen LogP contribution in [0.25, 0.3) is 10.9 Å². The van der Waals surface area contributed by atoms with Gasteiger partial charge in [0.1, 0.15) is 11.5 Å². The lowest BCUT2D eigenvalue weighted by Crippen LogP contribution is -2.28. The number of alkyl halides is 3. The van der Waals surface area contributed by atoms with Crippen molar-refractivity contribution in [2.24, 2.45) is 0 Å². The summed E-state index contributed by atoms with van der Waals surface area (Å²) in [4.78, 5) is 25.8. The van der Waals surface area contributed by atoms with Gasteiger partial charge in [-0.25, -0.2) is 4.79 Å². The molecule has 0 aliphatic carbocycles. The van der Waals surface area contributed by atoms with Gasteiger partial charge in [0, 0.05) is 29.3 Å². The molecular formula is C31H30F3NO5. The molecule has 0 amide bonds. The highest BCUT2D eigenvalue weighted by atomic mass is 19.4. The molecule has 0 bridgehead atoms. The Morgan fingerprint density at radius 3 is 2.30 bits per heavy atom. The molecule has 0 saturated carbocycles. The molecule has 4 aromatic rings. The van der Waals surface area contributed by atoms with Crippen LogP contribution in [0.4, 0.5) is 13.2 Å². The van der Waals surface area contributed by atoms with Crippen molar-refractivity contribution in [1.29, 1.82) is 0 Å². The van der Waals surface area contributed by atoms with E-state index in [1.807, 2.05) is 32.0 Å². The maximum atomic E-state index is 13.6. The van der Waals surface area contributed by atoms with E-state index in [1.165, 1.54) is 18.2 Å². The Bertz CT molecular complexity index is 1520. The van der Waals surface area contributed by atoms with Crippen LogP contribution >= 0.6 is 0 Å². The molecule has 210 valence electrons. The van der Waals surface area contributed by atoms with Gasteiger partial charge >= 0.3 is 12.3 Å². The van der Waals surface area contributed by atoms with Gasteiger partial charge in [0.05, 0.1) is 17.7 Å². The average molecular weight is 554 g/mol. The first-order valence-electron chi connectivity index (χ1n) is 12.9. The number of hydrogen-bond acceptors (Lipinski definition) is 5. The third kappa shape index (κ3) is 6.47. The van der Waals surface area contributed by atoms with Crippen molar-refractivity contribution in [2.75, 3.05) is 6.61 Å². The van der Waals surface area contributed by atoms with Crippen LogP contribution in [0.1, 0.15) is 53.0 Å². The Morgan fingerprint density at radius 1 is 0.925 bits per heavy atom. The van der Waals surface area contributed by atoms with Crippen LogP contribution in [0.15, 0.2) is 66.7 Å². The Kier molecular flexibility index (Phi) is 8.52. The second-order valence-corrected chi connectivity index (χ2v) is 9.38. The minimum Gasteiger partial charge on any atom is -0.479 e. The Hall–Kier alpha value is -4.27. The minimum absolute atomic E-state index is 0.229. The van der Waals surface area contributed by atoms with Gasteiger partial charge in [-0.15, -0.1) is 13.2 Å². The van der Waals surface area contributed by atoms with E-state index < -0.39 is 18.4 Å². The average Bonchev–Trinajstić information content (AvgIpc) is 3.17. The number of esters is 1. The zero-order valence-corrected chi connectivity index (χ0v) is 22.7. The van der Waals surface area contributed by atoms with Crippen LogP contribution in [-0.2, 0) is 16.1 Å². The highest BCUT2D eigenvalue weighted by Crippen LogP contribution is 2.34. The number of hydrogen-bond donors (Lipinski definition) is 0. The Morgan fingerprint density at radius 2 is 1.65 bits per heavy atom. The maximum Gasteiger partial charge on any atom is 0.573 e. The SMILES string of the molecule is CCOC(=O)[C@H](CC)Oc1cccc(Cn2c(C)c(C(=O)c3ccc(C)cc3)c3ccc(OC(F)(F)F)cc32)c1. The zero-order valence-electron chi connectivity index (χ0n) is 22.7. The Balaban J connectivity index is 1.76. The van der Waals surface area contributed by atoms with E-state index in [0.29, 0.717) is 39.9 Å². The summed E-state index contributed by atoms with van der Waals surface area (Å²) in [6, 6.07) is 18.2. The smallest absolute Gasteiger partial charge is 0.479 e. The number of aryl methyl sites for hydroxylation is 1. The highest BCUT2D eigenvalue weighted by molar-refractivity contribution is 6.17. The van der Waals surface area contributed by atoms with Crippen LogP contribution in [0.3, 0.4) is 0 Å². The van der Waals surface area contributed by atoms with Gasteiger partial charge in [-0.1, -0.05) is 48.9 Å². The van der Waals surface area contributed by atoms with Gasteiger partial charge in [0.15, 0.2) is 11.9 Å². The maximum absolute atomic E-state index is 13.6.